The first-order valence-corrected chi connectivity index (χ1v) is 11.3. The molecule has 180 valence electrons. The van der Waals surface area contributed by atoms with E-state index in [2.05, 4.69) is 55.5 Å². The average Bonchev–Trinajstić information content (AvgIpc) is 3.02. The fourth-order valence-corrected chi connectivity index (χ4v) is 4.51. The molecule has 33 heavy (non-hydrogen) atoms. The number of carbonyl (C=O) groups is 1. The standard InChI is InChI=1S/C22H26N2O.C4H10O.CH2O2/c1-6-16-15(4)21-22-18(12-14(3)24(22)10-9-23(21)5)20(16)17-8-7-13(2)11-19(17)25;1-4(2,3)5;2-1-3/h7-8,11-12,25H,6,9-10H2,1-5H3;5H,1-3H3;1H,(H,2,3). The van der Waals surface area contributed by atoms with E-state index in [4.69, 9.17) is 15.0 Å². The van der Waals surface area contributed by atoms with E-state index in [1.54, 1.807) is 20.8 Å². The van der Waals surface area contributed by atoms with Gasteiger partial charge in [0.1, 0.15) is 5.75 Å². The van der Waals surface area contributed by atoms with Gasteiger partial charge in [-0.05, 0) is 82.3 Å². The van der Waals surface area contributed by atoms with Crippen molar-refractivity contribution in [1.82, 2.24) is 4.57 Å². The predicted molar refractivity (Wildman–Crippen MR) is 137 cm³/mol. The maximum absolute atomic E-state index is 10.7. The van der Waals surface area contributed by atoms with Gasteiger partial charge in [0.05, 0.1) is 16.8 Å². The lowest BCUT2D eigenvalue weighted by molar-refractivity contribution is -0.122. The Kier molecular flexibility index (Phi) is 8.20. The molecule has 0 saturated carbocycles. The molecule has 0 aliphatic carbocycles. The van der Waals surface area contributed by atoms with Crippen LogP contribution in [0.25, 0.3) is 22.0 Å². The van der Waals surface area contributed by atoms with Crippen LogP contribution in [0.3, 0.4) is 0 Å². The number of likely N-dealkylation sites (N-methyl/N-ethyl adjacent to an activating group) is 1. The molecule has 0 atom stereocenters. The van der Waals surface area contributed by atoms with Gasteiger partial charge in [0.2, 0.25) is 0 Å². The summed E-state index contributed by atoms with van der Waals surface area (Å²) in [5.74, 6) is 0.374. The summed E-state index contributed by atoms with van der Waals surface area (Å²) < 4.78 is 2.44. The third-order valence-corrected chi connectivity index (χ3v) is 5.72. The molecule has 2 heterocycles. The molecule has 3 N–H and O–H groups in total. The highest BCUT2D eigenvalue weighted by atomic mass is 16.3. The van der Waals surface area contributed by atoms with Gasteiger partial charge in [0.25, 0.3) is 6.47 Å². The molecule has 1 aliphatic rings. The number of phenols is 1. The quantitative estimate of drug-likeness (QED) is 0.450. The topological polar surface area (TPSA) is 85.9 Å². The molecule has 6 nitrogen and oxygen atoms in total. The lowest BCUT2D eigenvalue weighted by Gasteiger charge is -2.31. The minimum atomic E-state index is -0.500. The Morgan fingerprint density at radius 1 is 1.09 bits per heavy atom. The average molecular weight is 455 g/mol. The van der Waals surface area contributed by atoms with Gasteiger partial charge in [-0.2, -0.15) is 0 Å². The summed E-state index contributed by atoms with van der Waals surface area (Å²) in [4.78, 5) is 10.7. The van der Waals surface area contributed by atoms with Crippen LogP contribution >= 0.6 is 0 Å². The van der Waals surface area contributed by atoms with Gasteiger partial charge in [-0.1, -0.05) is 19.1 Å². The Balaban J connectivity index is 0.000000420. The third kappa shape index (κ3) is 5.69. The molecule has 2 aromatic carbocycles. The Hall–Kier alpha value is -2.99. The van der Waals surface area contributed by atoms with Crippen molar-refractivity contribution in [2.75, 3.05) is 18.5 Å². The van der Waals surface area contributed by atoms with Crippen LogP contribution in [0.4, 0.5) is 5.69 Å². The van der Waals surface area contributed by atoms with Crippen molar-refractivity contribution >= 4 is 23.1 Å². The number of carboxylic acid groups (broad SMARTS) is 1. The van der Waals surface area contributed by atoms with Crippen LogP contribution in [-0.2, 0) is 17.8 Å². The van der Waals surface area contributed by atoms with Crippen molar-refractivity contribution in [2.45, 2.75) is 67.0 Å². The molecule has 1 aliphatic heterocycles. The molecule has 0 amide bonds. The first-order valence-electron chi connectivity index (χ1n) is 11.3. The van der Waals surface area contributed by atoms with Crippen molar-refractivity contribution < 1.29 is 20.1 Å². The van der Waals surface area contributed by atoms with Crippen molar-refractivity contribution in [1.29, 1.82) is 0 Å². The van der Waals surface area contributed by atoms with E-state index in [9.17, 15) is 5.11 Å². The van der Waals surface area contributed by atoms with Crippen LogP contribution in [0.15, 0.2) is 24.3 Å². The fraction of sp³-hybridized carbons (Fsp3) is 0.444. The van der Waals surface area contributed by atoms with Crippen LogP contribution in [0, 0.1) is 20.8 Å². The first-order chi connectivity index (χ1) is 15.3. The lowest BCUT2D eigenvalue weighted by atomic mass is 9.88. The molecule has 0 bridgehead atoms. The summed E-state index contributed by atoms with van der Waals surface area (Å²) in [6, 6.07) is 8.32. The van der Waals surface area contributed by atoms with Crippen LogP contribution in [0.2, 0.25) is 0 Å². The summed E-state index contributed by atoms with van der Waals surface area (Å²) in [6.45, 7) is 15.7. The van der Waals surface area contributed by atoms with E-state index >= 15 is 0 Å². The second-order valence-corrected chi connectivity index (χ2v) is 9.60. The molecule has 0 unspecified atom stereocenters. The summed E-state index contributed by atoms with van der Waals surface area (Å²) in [7, 11) is 2.19. The van der Waals surface area contributed by atoms with Gasteiger partial charge < -0.3 is 24.8 Å². The third-order valence-electron chi connectivity index (χ3n) is 5.72. The minimum Gasteiger partial charge on any atom is -0.507 e. The molecule has 4 rings (SSSR count). The summed E-state index contributed by atoms with van der Waals surface area (Å²) in [5, 5.41) is 27.3. The van der Waals surface area contributed by atoms with Crippen LogP contribution in [0.5, 0.6) is 5.75 Å². The largest absolute Gasteiger partial charge is 0.507 e. The number of aliphatic hydroxyl groups is 1. The number of aromatic nitrogens is 1. The SMILES string of the molecule is CC(C)(C)O.CCc1c(C)c2c3c(cc(C)n3CCN2C)c1-c1ccc(C)cc1O.O=CO. The second kappa shape index (κ2) is 10.3. The molecular formula is C27H38N2O4. The fourth-order valence-electron chi connectivity index (χ4n) is 4.51. The van der Waals surface area contributed by atoms with E-state index in [1.807, 2.05) is 13.0 Å². The van der Waals surface area contributed by atoms with E-state index in [-0.39, 0.29) is 6.47 Å². The first kappa shape index (κ1) is 26.3. The smallest absolute Gasteiger partial charge is 0.290 e. The minimum absolute atomic E-state index is 0.250. The van der Waals surface area contributed by atoms with E-state index in [0.29, 0.717) is 5.75 Å². The summed E-state index contributed by atoms with van der Waals surface area (Å²) >= 11 is 0. The number of hydrogen-bond donors (Lipinski definition) is 3. The molecule has 0 radical (unpaired) electrons. The van der Waals surface area contributed by atoms with Gasteiger partial charge in [0.15, 0.2) is 0 Å². The highest BCUT2D eigenvalue weighted by Gasteiger charge is 2.26. The number of benzene rings is 2. The van der Waals surface area contributed by atoms with Crippen molar-refractivity contribution in [3.8, 4) is 16.9 Å². The van der Waals surface area contributed by atoms with Gasteiger partial charge in [-0.15, -0.1) is 0 Å². The predicted octanol–water partition coefficient (Wildman–Crippen LogP) is 5.43. The summed E-state index contributed by atoms with van der Waals surface area (Å²) in [5.41, 5.74) is 9.37. The van der Waals surface area contributed by atoms with E-state index in [1.165, 1.54) is 39.0 Å². The molecule has 0 spiro atoms. The zero-order valence-electron chi connectivity index (χ0n) is 21.2. The van der Waals surface area contributed by atoms with Gasteiger partial charge in [-0.25, -0.2) is 0 Å². The number of hydrogen-bond acceptors (Lipinski definition) is 4. The summed E-state index contributed by atoms with van der Waals surface area (Å²) in [6.07, 6.45) is 0.954. The Morgan fingerprint density at radius 2 is 1.67 bits per heavy atom. The van der Waals surface area contributed by atoms with Gasteiger partial charge in [-0.3, -0.25) is 4.79 Å². The monoisotopic (exact) mass is 454 g/mol. The normalized spacial score (nSPS) is 12.6. The maximum atomic E-state index is 10.7. The Labute approximate surface area is 197 Å². The molecule has 0 saturated heterocycles. The van der Waals surface area contributed by atoms with Crippen molar-refractivity contribution in [2.24, 2.45) is 0 Å². The number of aryl methyl sites for hydroxylation is 2. The number of rotatable bonds is 2. The van der Waals surface area contributed by atoms with Crippen LogP contribution < -0.4 is 4.90 Å². The molecule has 6 heteroatoms. The number of anilines is 1. The van der Waals surface area contributed by atoms with E-state index < -0.39 is 5.60 Å². The van der Waals surface area contributed by atoms with Crippen LogP contribution in [0.1, 0.15) is 50.1 Å². The van der Waals surface area contributed by atoms with Crippen molar-refractivity contribution in [3.05, 3.63) is 46.6 Å². The number of phenolic OH excluding ortho intramolecular Hbond substituents is 1. The Morgan fingerprint density at radius 3 is 2.18 bits per heavy atom. The maximum Gasteiger partial charge on any atom is 0.290 e. The number of aromatic hydroxyl groups is 1. The highest BCUT2D eigenvalue weighted by molar-refractivity contribution is 6.07. The molecule has 0 fully saturated rings. The Bertz CT molecular complexity index is 1130. The van der Waals surface area contributed by atoms with Gasteiger partial charge in [0, 0.05) is 36.8 Å². The lowest BCUT2D eigenvalue weighted by Crippen LogP contribution is -2.29. The zero-order chi connectivity index (χ0) is 25.1. The molecular weight excluding hydrogens is 416 g/mol. The van der Waals surface area contributed by atoms with E-state index in [0.717, 1.165) is 30.6 Å². The number of nitrogens with zero attached hydrogens (tertiary/aromatic N) is 2. The second-order valence-electron chi connectivity index (χ2n) is 9.60. The zero-order valence-corrected chi connectivity index (χ0v) is 21.2. The highest BCUT2D eigenvalue weighted by Crippen LogP contribution is 2.46. The van der Waals surface area contributed by atoms with Crippen molar-refractivity contribution in [3.63, 3.8) is 0 Å². The van der Waals surface area contributed by atoms with Gasteiger partial charge >= 0.3 is 0 Å². The molecule has 1 aromatic heterocycles. The molecule has 3 aromatic rings. The van der Waals surface area contributed by atoms with Crippen LogP contribution in [-0.4, -0.2) is 45.6 Å².